The smallest absolute Gasteiger partial charge is 0.130 e. The molecule has 0 aliphatic rings. The van der Waals surface area contributed by atoms with Crippen molar-refractivity contribution in [3.05, 3.63) is 64.7 Å². The summed E-state index contributed by atoms with van der Waals surface area (Å²) in [6.45, 7) is 3.84. The third kappa shape index (κ3) is 3.21. The summed E-state index contributed by atoms with van der Waals surface area (Å²) < 4.78 is 14.1. The van der Waals surface area contributed by atoms with E-state index >= 15 is 0 Å². The molecule has 0 amide bonds. The first kappa shape index (κ1) is 14.6. The van der Waals surface area contributed by atoms with Crippen LogP contribution in [-0.4, -0.2) is 4.98 Å². The highest BCUT2D eigenvalue weighted by Gasteiger charge is 2.16. The molecule has 1 unspecified atom stereocenters. The molecule has 2 aromatic rings. The number of hydrogen-bond acceptors (Lipinski definition) is 3. The minimum Gasteiger partial charge on any atom is -0.271 e. The van der Waals surface area contributed by atoms with Crippen LogP contribution in [0.2, 0.25) is 0 Å². The van der Waals surface area contributed by atoms with Crippen LogP contribution in [0.5, 0.6) is 0 Å². The molecular weight excluding hydrogens is 253 g/mol. The molecule has 0 spiro atoms. The first-order valence-corrected chi connectivity index (χ1v) is 6.80. The second kappa shape index (κ2) is 6.59. The average Bonchev–Trinajstić information content (AvgIpc) is 2.48. The van der Waals surface area contributed by atoms with Gasteiger partial charge in [0.2, 0.25) is 0 Å². The number of nitrogens with zero attached hydrogens (tertiary/aromatic N) is 1. The number of aryl methyl sites for hydroxylation is 2. The molecule has 1 heterocycles. The summed E-state index contributed by atoms with van der Waals surface area (Å²) in [5.74, 6) is 5.38. The Morgan fingerprint density at radius 3 is 2.70 bits per heavy atom. The molecule has 106 valence electrons. The van der Waals surface area contributed by atoms with Gasteiger partial charge in [0.25, 0.3) is 0 Å². The molecule has 0 saturated heterocycles. The number of hydrazine groups is 1. The quantitative estimate of drug-likeness (QED) is 0.650. The van der Waals surface area contributed by atoms with Crippen LogP contribution in [0.4, 0.5) is 4.39 Å². The van der Waals surface area contributed by atoms with E-state index in [1.54, 1.807) is 19.1 Å². The molecule has 2 rings (SSSR count). The number of nitrogens with one attached hydrogen (secondary N) is 1. The highest BCUT2D eigenvalue weighted by Crippen LogP contribution is 2.22. The highest BCUT2D eigenvalue weighted by molar-refractivity contribution is 5.28. The summed E-state index contributed by atoms with van der Waals surface area (Å²) >= 11 is 0. The minimum absolute atomic E-state index is 0.208. The van der Waals surface area contributed by atoms with Gasteiger partial charge in [-0.25, -0.2) is 4.39 Å². The second-order valence-electron chi connectivity index (χ2n) is 4.91. The Bertz CT molecular complexity index is 566. The third-order valence-electron chi connectivity index (χ3n) is 3.51. The topological polar surface area (TPSA) is 50.9 Å². The fourth-order valence-corrected chi connectivity index (χ4v) is 2.19. The van der Waals surface area contributed by atoms with E-state index in [1.807, 2.05) is 24.4 Å². The predicted octanol–water partition coefficient (Wildman–Crippen LogP) is 2.84. The van der Waals surface area contributed by atoms with Crippen LogP contribution >= 0.6 is 0 Å². The zero-order chi connectivity index (χ0) is 14.5. The number of benzene rings is 1. The summed E-state index contributed by atoms with van der Waals surface area (Å²) in [4.78, 5) is 4.40. The van der Waals surface area contributed by atoms with Gasteiger partial charge in [0.15, 0.2) is 0 Å². The fourth-order valence-electron chi connectivity index (χ4n) is 2.19. The maximum atomic E-state index is 14.1. The fraction of sp³-hybridized carbons (Fsp3) is 0.312. The third-order valence-corrected chi connectivity index (χ3v) is 3.51. The largest absolute Gasteiger partial charge is 0.271 e. The Balaban J connectivity index is 2.21. The van der Waals surface area contributed by atoms with Gasteiger partial charge in [0.05, 0.1) is 6.04 Å². The summed E-state index contributed by atoms with van der Waals surface area (Å²) in [5, 5.41) is 0. The monoisotopic (exact) mass is 273 g/mol. The Morgan fingerprint density at radius 2 is 2.10 bits per heavy atom. The lowest BCUT2D eigenvalue weighted by Crippen LogP contribution is -2.30. The van der Waals surface area contributed by atoms with Gasteiger partial charge in [-0.2, -0.15) is 0 Å². The molecule has 4 heteroatoms. The number of nitrogens with two attached hydrogens (primary N) is 1. The Kier molecular flexibility index (Phi) is 4.82. The first-order valence-electron chi connectivity index (χ1n) is 6.80. The van der Waals surface area contributed by atoms with E-state index in [1.165, 1.54) is 5.56 Å². The molecule has 0 bridgehead atoms. The van der Waals surface area contributed by atoms with Crippen molar-refractivity contribution in [1.82, 2.24) is 10.4 Å². The number of hydrogen-bond donors (Lipinski definition) is 2. The summed E-state index contributed by atoms with van der Waals surface area (Å²) in [6.07, 6.45) is 3.37. The van der Waals surface area contributed by atoms with Crippen molar-refractivity contribution in [3.63, 3.8) is 0 Å². The van der Waals surface area contributed by atoms with Crippen molar-refractivity contribution in [2.45, 2.75) is 32.7 Å². The minimum atomic E-state index is -0.283. The normalized spacial score (nSPS) is 12.4. The van der Waals surface area contributed by atoms with Gasteiger partial charge in [-0.1, -0.05) is 31.2 Å². The van der Waals surface area contributed by atoms with E-state index in [4.69, 9.17) is 5.84 Å². The van der Waals surface area contributed by atoms with Crippen LogP contribution in [0.3, 0.4) is 0 Å². The molecular formula is C16H20FN3. The van der Waals surface area contributed by atoms with Crippen LogP contribution < -0.4 is 11.3 Å². The van der Waals surface area contributed by atoms with E-state index in [0.717, 1.165) is 12.1 Å². The van der Waals surface area contributed by atoms with Crippen LogP contribution in [-0.2, 0) is 12.8 Å². The molecule has 0 aliphatic heterocycles. The van der Waals surface area contributed by atoms with Crippen molar-refractivity contribution in [2.24, 2.45) is 5.84 Å². The maximum absolute atomic E-state index is 14.1. The molecule has 3 N–H and O–H groups in total. The summed E-state index contributed by atoms with van der Waals surface area (Å²) in [6, 6.07) is 9.08. The average molecular weight is 273 g/mol. The van der Waals surface area contributed by atoms with E-state index in [-0.39, 0.29) is 11.9 Å². The van der Waals surface area contributed by atoms with Crippen molar-refractivity contribution >= 4 is 0 Å². The van der Waals surface area contributed by atoms with Gasteiger partial charge in [0.1, 0.15) is 5.82 Å². The van der Waals surface area contributed by atoms with Crippen molar-refractivity contribution in [1.29, 1.82) is 0 Å². The molecule has 3 nitrogen and oxygen atoms in total. The molecule has 0 saturated carbocycles. The Labute approximate surface area is 119 Å². The molecule has 1 aromatic heterocycles. The SMILES string of the molecule is CCc1ccc(CC(NN)c2cccc(C)c2F)nc1. The van der Waals surface area contributed by atoms with Gasteiger partial charge < -0.3 is 0 Å². The zero-order valence-corrected chi connectivity index (χ0v) is 11.9. The number of halogens is 1. The van der Waals surface area contributed by atoms with E-state index < -0.39 is 0 Å². The maximum Gasteiger partial charge on any atom is 0.130 e. The van der Waals surface area contributed by atoms with Crippen LogP contribution in [0.25, 0.3) is 0 Å². The molecule has 20 heavy (non-hydrogen) atoms. The van der Waals surface area contributed by atoms with Gasteiger partial charge in [-0.05, 0) is 30.5 Å². The molecule has 1 atom stereocenters. The van der Waals surface area contributed by atoms with E-state index in [9.17, 15) is 4.39 Å². The van der Waals surface area contributed by atoms with Gasteiger partial charge in [-0.15, -0.1) is 0 Å². The highest BCUT2D eigenvalue weighted by atomic mass is 19.1. The molecule has 0 fully saturated rings. The van der Waals surface area contributed by atoms with Crippen molar-refractivity contribution in [2.75, 3.05) is 0 Å². The standard InChI is InChI=1S/C16H20FN3/c1-3-12-7-8-13(19-10-12)9-15(20-18)14-6-4-5-11(2)16(14)17/h4-8,10,15,20H,3,9,18H2,1-2H3. The summed E-state index contributed by atoms with van der Waals surface area (Å²) in [5.41, 5.74) is 5.97. The lowest BCUT2D eigenvalue weighted by Gasteiger charge is -2.17. The van der Waals surface area contributed by atoms with Crippen LogP contribution in [0.1, 0.15) is 35.3 Å². The lowest BCUT2D eigenvalue weighted by molar-refractivity contribution is 0.504. The number of aromatic nitrogens is 1. The zero-order valence-electron chi connectivity index (χ0n) is 11.9. The molecule has 0 aliphatic carbocycles. The second-order valence-corrected chi connectivity index (χ2v) is 4.91. The first-order chi connectivity index (χ1) is 9.65. The van der Waals surface area contributed by atoms with Crippen LogP contribution in [0.15, 0.2) is 36.5 Å². The summed E-state index contributed by atoms with van der Waals surface area (Å²) in [7, 11) is 0. The Morgan fingerprint density at radius 1 is 1.30 bits per heavy atom. The Hall–Kier alpha value is -1.78. The molecule has 1 aromatic carbocycles. The molecule has 0 radical (unpaired) electrons. The van der Waals surface area contributed by atoms with Crippen molar-refractivity contribution < 1.29 is 4.39 Å². The lowest BCUT2D eigenvalue weighted by atomic mass is 9.99. The van der Waals surface area contributed by atoms with Gasteiger partial charge in [0, 0.05) is 23.9 Å². The van der Waals surface area contributed by atoms with E-state index in [2.05, 4.69) is 17.3 Å². The van der Waals surface area contributed by atoms with Crippen molar-refractivity contribution in [3.8, 4) is 0 Å². The predicted molar refractivity (Wildman–Crippen MR) is 78.5 cm³/mol. The van der Waals surface area contributed by atoms with Crippen LogP contribution in [0, 0.1) is 12.7 Å². The number of pyridine rings is 1. The van der Waals surface area contributed by atoms with E-state index in [0.29, 0.717) is 17.5 Å². The van der Waals surface area contributed by atoms with Gasteiger partial charge in [-0.3, -0.25) is 16.3 Å². The van der Waals surface area contributed by atoms with Gasteiger partial charge >= 0.3 is 0 Å². The number of rotatable bonds is 5.